The van der Waals surface area contributed by atoms with Crippen molar-refractivity contribution in [2.45, 2.75) is 25.2 Å². The Kier molecular flexibility index (Phi) is 6.05. The van der Waals surface area contributed by atoms with Gasteiger partial charge < -0.3 is 4.90 Å². The standard InChI is InChI=1S/C48H35N/c1-31(2)32-24-27-35(28-25-32)49(34-15-4-3-5-16-34)45-30-44-46(40-21-9-8-20-39(40)45)41-29-26-33-14-6-7-17-36(33)47(41)48(44)42-22-12-10-18-37(42)38-19-11-13-23-43(38)48/h3-31H,1-2H3. The average Bonchev–Trinajstić information content (AvgIpc) is 3.63. The first-order valence-electron chi connectivity index (χ1n) is 17.4. The van der Waals surface area contributed by atoms with Gasteiger partial charge in [-0.1, -0.05) is 153 Å². The molecule has 0 fully saturated rings. The molecule has 1 nitrogen and oxygen atoms in total. The van der Waals surface area contributed by atoms with Gasteiger partial charge in [-0.05, 0) is 102 Å². The second kappa shape index (κ2) is 10.5. The van der Waals surface area contributed by atoms with Crippen molar-refractivity contribution >= 4 is 38.6 Å². The molecule has 0 N–H and O–H groups in total. The van der Waals surface area contributed by atoms with Crippen LogP contribution in [0.5, 0.6) is 0 Å². The van der Waals surface area contributed by atoms with Crippen LogP contribution in [0.2, 0.25) is 0 Å². The van der Waals surface area contributed by atoms with Crippen molar-refractivity contribution in [3.63, 3.8) is 0 Å². The van der Waals surface area contributed by atoms with Gasteiger partial charge in [-0.25, -0.2) is 0 Å². The highest BCUT2D eigenvalue weighted by Gasteiger charge is 2.53. The van der Waals surface area contributed by atoms with E-state index >= 15 is 0 Å². The van der Waals surface area contributed by atoms with Gasteiger partial charge in [0.15, 0.2) is 0 Å². The van der Waals surface area contributed by atoms with Crippen LogP contribution < -0.4 is 4.90 Å². The Morgan fingerprint density at radius 3 is 1.71 bits per heavy atom. The molecule has 0 aliphatic heterocycles. The van der Waals surface area contributed by atoms with Crippen LogP contribution in [0.1, 0.15) is 47.6 Å². The Bertz CT molecular complexity index is 2530. The molecule has 0 saturated heterocycles. The molecule has 49 heavy (non-hydrogen) atoms. The van der Waals surface area contributed by atoms with Crippen LogP contribution in [0, 0.1) is 0 Å². The minimum atomic E-state index is -0.471. The lowest BCUT2D eigenvalue weighted by atomic mass is 9.69. The van der Waals surface area contributed by atoms with Crippen LogP contribution in [0.3, 0.4) is 0 Å². The first kappa shape index (κ1) is 28.1. The molecular weight excluding hydrogens is 591 g/mol. The maximum absolute atomic E-state index is 2.54. The number of nitrogens with zero attached hydrogens (tertiary/aromatic N) is 1. The van der Waals surface area contributed by atoms with E-state index < -0.39 is 5.41 Å². The molecule has 232 valence electrons. The molecule has 1 spiro atoms. The number of rotatable bonds is 4. The third kappa shape index (κ3) is 3.82. The Labute approximate surface area is 287 Å². The van der Waals surface area contributed by atoms with Gasteiger partial charge in [0.05, 0.1) is 11.1 Å². The summed E-state index contributed by atoms with van der Waals surface area (Å²) in [4.78, 5) is 2.47. The van der Waals surface area contributed by atoms with Crippen LogP contribution in [0.25, 0.3) is 43.8 Å². The number of fused-ring (bicyclic) bond motifs is 14. The molecule has 0 bridgehead atoms. The lowest BCUT2D eigenvalue weighted by Crippen LogP contribution is -2.26. The summed E-state index contributed by atoms with van der Waals surface area (Å²) in [7, 11) is 0. The van der Waals surface area contributed by atoms with Gasteiger partial charge in [-0.3, -0.25) is 0 Å². The number of benzene rings is 8. The largest absolute Gasteiger partial charge is 0.310 e. The molecule has 2 aliphatic rings. The molecule has 0 saturated carbocycles. The monoisotopic (exact) mass is 625 g/mol. The van der Waals surface area contributed by atoms with Crippen LogP contribution in [-0.4, -0.2) is 0 Å². The van der Waals surface area contributed by atoms with Gasteiger partial charge in [0.2, 0.25) is 0 Å². The SMILES string of the molecule is CC(C)c1ccc(N(c2ccccc2)c2cc3c(c4ccccc24)-c2ccc4ccccc4c2C32c3ccccc3-c3ccccc32)cc1. The van der Waals surface area contributed by atoms with Gasteiger partial charge in [-0.15, -0.1) is 0 Å². The van der Waals surface area contributed by atoms with Gasteiger partial charge in [-0.2, -0.15) is 0 Å². The molecule has 0 unspecified atom stereocenters. The second-order valence-electron chi connectivity index (χ2n) is 13.8. The normalized spacial score (nSPS) is 13.4. The summed E-state index contributed by atoms with van der Waals surface area (Å²) in [5, 5.41) is 5.12. The van der Waals surface area contributed by atoms with Crippen LogP contribution >= 0.6 is 0 Å². The summed E-state index contributed by atoms with van der Waals surface area (Å²) in [5.74, 6) is 0.468. The van der Waals surface area contributed by atoms with E-state index in [4.69, 9.17) is 0 Å². The molecule has 10 rings (SSSR count). The van der Waals surface area contributed by atoms with E-state index in [1.165, 1.54) is 77.3 Å². The maximum Gasteiger partial charge on any atom is 0.0732 e. The summed E-state index contributed by atoms with van der Waals surface area (Å²) >= 11 is 0. The third-order valence-electron chi connectivity index (χ3n) is 11.0. The zero-order valence-electron chi connectivity index (χ0n) is 27.7. The molecule has 2 aliphatic carbocycles. The molecule has 0 amide bonds. The first-order chi connectivity index (χ1) is 24.2. The molecule has 0 radical (unpaired) electrons. The first-order valence-corrected chi connectivity index (χ1v) is 17.4. The predicted octanol–water partition coefficient (Wildman–Crippen LogP) is 12.9. The molecule has 8 aromatic carbocycles. The van der Waals surface area contributed by atoms with Gasteiger partial charge in [0.1, 0.15) is 0 Å². The summed E-state index contributed by atoms with van der Waals surface area (Å²) in [6.07, 6.45) is 0. The van der Waals surface area contributed by atoms with Gasteiger partial charge in [0.25, 0.3) is 0 Å². The highest BCUT2D eigenvalue weighted by molar-refractivity contribution is 6.14. The Balaban J connectivity index is 1.38. The number of hydrogen-bond acceptors (Lipinski definition) is 1. The van der Waals surface area contributed by atoms with E-state index in [0.29, 0.717) is 5.92 Å². The Hall–Kier alpha value is -5.92. The van der Waals surface area contributed by atoms with Gasteiger partial charge in [0, 0.05) is 16.8 Å². The predicted molar refractivity (Wildman–Crippen MR) is 207 cm³/mol. The summed E-state index contributed by atoms with van der Waals surface area (Å²) < 4.78 is 0. The van der Waals surface area contributed by atoms with Crippen molar-refractivity contribution in [3.8, 4) is 22.3 Å². The second-order valence-corrected chi connectivity index (χ2v) is 13.8. The van der Waals surface area contributed by atoms with E-state index in [2.05, 4.69) is 189 Å². The van der Waals surface area contributed by atoms with Crippen molar-refractivity contribution in [1.29, 1.82) is 0 Å². The number of para-hydroxylation sites is 1. The zero-order valence-corrected chi connectivity index (χ0v) is 27.7. The smallest absolute Gasteiger partial charge is 0.0732 e. The van der Waals surface area contributed by atoms with Crippen LogP contribution in [-0.2, 0) is 5.41 Å². The molecule has 8 aromatic rings. The van der Waals surface area contributed by atoms with E-state index in [1.807, 2.05) is 0 Å². The maximum atomic E-state index is 2.54. The zero-order chi connectivity index (χ0) is 32.7. The van der Waals surface area contributed by atoms with Crippen LogP contribution in [0.4, 0.5) is 17.1 Å². The highest BCUT2D eigenvalue weighted by atomic mass is 15.1. The quantitative estimate of drug-likeness (QED) is 0.188. The van der Waals surface area contributed by atoms with Crippen molar-refractivity contribution in [1.82, 2.24) is 0 Å². The highest BCUT2D eigenvalue weighted by Crippen LogP contribution is 2.66. The molecule has 0 heterocycles. The van der Waals surface area contributed by atoms with Crippen molar-refractivity contribution in [2.75, 3.05) is 4.90 Å². The third-order valence-corrected chi connectivity index (χ3v) is 11.0. The van der Waals surface area contributed by atoms with Crippen molar-refractivity contribution in [2.24, 2.45) is 0 Å². The summed E-state index contributed by atoms with van der Waals surface area (Å²) in [6, 6.07) is 63.5. The van der Waals surface area contributed by atoms with E-state index in [0.717, 1.165) is 11.4 Å². The fraction of sp³-hybridized carbons (Fsp3) is 0.0833. The molecule has 0 aromatic heterocycles. The fourth-order valence-corrected chi connectivity index (χ4v) is 8.95. The summed E-state index contributed by atoms with van der Waals surface area (Å²) in [5.41, 5.74) is 15.2. The molecule has 1 heteroatoms. The van der Waals surface area contributed by atoms with Gasteiger partial charge >= 0.3 is 0 Å². The van der Waals surface area contributed by atoms with E-state index in [1.54, 1.807) is 0 Å². The topological polar surface area (TPSA) is 3.24 Å². The minimum absolute atomic E-state index is 0.468. The molecular formula is C48H35N. The van der Waals surface area contributed by atoms with Crippen molar-refractivity contribution in [3.05, 3.63) is 198 Å². The molecule has 0 atom stereocenters. The lowest BCUT2D eigenvalue weighted by Gasteiger charge is -2.33. The Morgan fingerprint density at radius 2 is 1.02 bits per heavy atom. The van der Waals surface area contributed by atoms with E-state index in [-0.39, 0.29) is 0 Å². The number of hydrogen-bond donors (Lipinski definition) is 0. The van der Waals surface area contributed by atoms with Crippen LogP contribution in [0.15, 0.2) is 170 Å². The lowest BCUT2D eigenvalue weighted by molar-refractivity contribution is 0.802. The average molecular weight is 626 g/mol. The number of anilines is 3. The minimum Gasteiger partial charge on any atom is -0.310 e. The summed E-state index contributed by atoms with van der Waals surface area (Å²) in [6.45, 7) is 4.52. The van der Waals surface area contributed by atoms with E-state index in [9.17, 15) is 0 Å². The Morgan fingerprint density at radius 1 is 0.449 bits per heavy atom. The van der Waals surface area contributed by atoms with Crippen molar-refractivity contribution < 1.29 is 0 Å². The fourth-order valence-electron chi connectivity index (χ4n) is 8.95.